The van der Waals surface area contributed by atoms with E-state index in [4.69, 9.17) is 27.9 Å². The van der Waals surface area contributed by atoms with E-state index >= 15 is 0 Å². The molecule has 0 atom stereocenters. The molecular formula is C20H18Cl2N4O2S. The topological polar surface area (TPSA) is 69.0 Å². The van der Waals surface area contributed by atoms with Crippen LogP contribution in [0.3, 0.4) is 0 Å². The minimum absolute atomic E-state index is 0.155. The second kappa shape index (κ2) is 9.82. The molecule has 2 aromatic carbocycles. The van der Waals surface area contributed by atoms with Crippen LogP contribution in [0.4, 0.5) is 5.69 Å². The number of thioether (sulfide) groups is 1. The minimum atomic E-state index is -0.201. The molecule has 0 saturated carbocycles. The van der Waals surface area contributed by atoms with Crippen LogP contribution in [0.15, 0.2) is 60.3 Å². The fourth-order valence-corrected chi connectivity index (χ4v) is 3.87. The van der Waals surface area contributed by atoms with Gasteiger partial charge in [-0.05, 0) is 42.5 Å². The quantitative estimate of drug-likeness (QED) is 0.379. The number of benzene rings is 2. The highest BCUT2D eigenvalue weighted by atomic mass is 35.5. The smallest absolute Gasteiger partial charge is 0.234 e. The molecule has 1 aromatic heterocycles. The first kappa shape index (κ1) is 21.2. The van der Waals surface area contributed by atoms with Crippen molar-refractivity contribution in [2.45, 2.75) is 11.7 Å². The maximum Gasteiger partial charge on any atom is 0.234 e. The van der Waals surface area contributed by atoms with Crippen LogP contribution in [0.25, 0.3) is 11.4 Å². The number of methoxy groups -OCH3 is 1. The van der Waals surface area contributed by atoms with E-state index in [1.54, 1.807) is 31.4 Å². The Balaban J connectivity index is 1.72. The molecule has 1 heterocycles. The van der Waals surface area contributed by atoms with E-state index in [1.807, 2.05) is 28.8 Å². The number of carbonyl (C=O) groups excluding carboxylic acids is 1. The number of rotatable bonds is 8. The molecule has 6 nitrogen and oxygen atoms in total. The van der Waals surface area contributed by atoms with Crippen LogP contribution in [0, 0.1) is 0 Å². The van der Waals surface area contributed by atoms with Gasteiger partial charge >= 0.3 is 0 Å². The summed E-state index contributed by atoms with van der Waals surface area (Å²) in [5, 5.41) is 12.8. The van der Waals surface area contributed by atoms with Gasteiger partial charge in [-0.3, -0.25) is 9.36 Å². The number of hydrogen-bond donors (Lipinski definition) is 1. The van der Waals surface area contributed by atoms with E-state index in [-0.39, 0.29) is 11.7 Å². The lowest BCUT2D eigenvalue weighted by Crippen LogP contribution is -2.14. The maximum atomic E-state index is 12.3. The summed E-state index contributed by atoms with van der Waals surface area (Å²) in [7, 11) is 1.62. The maximum absolute atomic E-state index is 12.3. The molecular weight excluding hydrogens is 431 g/mol. The summed E-state index contributed by atoms with van der Waals surface area (Å²) in [6.07, 6.45) is 1.76. The molecule has 1 N–H and O–H groups in total. The van der Waals surface area contributed by atoms with Crippen LogP contribution in [0.1, 0.15) is 0 Å². The normalized spacial score (nSPS) is 10.6. The molecule has 1 amide bonds. The molecule has 0 unspecified atom stereocenters. The Kier molecular flexibility index (Phi) is 7.19. The number of amides is 1. The molecule has 0 radical (unpaired) electrons. The van der Waals surface area contributed by atoms with Crippen molar-refractivity contribution in [3.63, 3.8) is 0 Å². The van der Waals surface area contributed by atoms with E-state index < -0.39 is 0 Å². The molecule has 0 fully saturated rings. The number of allylic oxidation sites excluding steroid dienone is 1. The van der Waals surface area contributed by atoms with E-state index in [9.17, 15) is 4.79 Å². The van der Waals surface area contributed by atoms with Crippen LogP contribution in [-0.4, -0.2) is 33.5 Å². The highest BCUT2D eigenvalue weighted by Gasteiger charge is 2.15. The van der Waals surface area contributed by atoms with Gasteiger partial charge in [0, 0.05) is 27.8 Å². The second-order valence-corrected chi connectivity index (χ2v) is 7.74. The van der Waals surface area contributed by atoms with Gasteiger partial charge in [-0.1, -0.05) is 41.0 Å². The second-order valence-electron chi connectivity index (χ2n) is 5.93. The Morgan fingerprint density at radius 2 is 1.90 bits per heavy atom. The number of carbonyl (C=O) groups is 1. The third-order valence-corrected chi connectivity index (χ3v) is 5.26. The Morgan fingerprint density at radius 3 is 2.52 bits per heavy atom. The Labute approximate surface area is 182 Å². The molecule has 150 valence electrons. The van der Waals surface area contributed by atoms with Gasteiger partial charge in [0.1, 0.15) is 5.75 Å². The average molecular weight is 449 g/mol. The van der Waals surface area contributed by atoms with Crippen molar-refractivity contribution < 1.29 is 9.53 Å². The highest BCUT2D eigenvalue weighted by Crippen LogP contribution is 2.26. The van der Waals surface area contributed by atoms with Gasteiger partial charge < -0.3 is 10.1 Å². The van der Waals surface area contributed by atoms with Gasteiger partial charge in [0.2, 0.25) is 5.91 Å². The highest BCUT2D eigenvalue weighted by molar-refractivity contribution is 7.99. The van der Waals surface area contributed by atoms with Gasteiger partial charge in [0.25, 0.3) is 0 Å². The molecule has 29 heavy (non-hydrogen) atoms. The summed E-state index contributed by atoms with van der Waals surface area (Å²) in [5.74, 6) is 1.41. The Morgan fingerprint density at radius 1 is 1.21 bits per heavy atom. The fraction of sp³-hybridized carbons (Fsp3) is 0.150. The van der Waals surface area contributed by atoms with E-state index in [0.29, 0.717) is 33.3 Å². The Bertz CT molecular complexity index is 1000. The summed E-state index contributed by atoms with van der Waals surface area (Å²) in [6, 6.07) is 12.4. The van der Waals surface area contributed by atoms with Gasteiger partial charge in [-0.25, -0.2) is 0 Å². The lowest BCUT2D eigenvalue weighted by atomic mass is 10.2. The molecule has 3 rings (SSSR count). The number of anilines is 1. The number of hydrogen-bond acceptors (Lipinski definition) is 5. The zero-order chi connectivity index (χ0) is 20.8. The zero-order valence-corrected chi connectivity index (χ0v) is 17.9. The standard InChI is InChI=1S/C20H18Cl2N4O2S/c1-3-8-26-19(13-4-6-17(28-2)7-5-13)24-25-20(26)29-12-18(27)23-16-10-14(21)9-15(22)11-16/h3-7,9-11H,1,8,12H2,2H3,(H,23,27). The van der Waals surface area contributed by atoms with Crippen LogP contribution >= 0.6 is 35.0 Å². The van der Waals surface area contributed by atoms with Crippen LogP contribution < -0.4 is 10.1 Å². The van der Waals surface area contributed by atoms with Gasteiger partial charge in [-0.15, -0.1) is 16.8 Å². The first-order valence-corrected chi connectivity index (χ1v) is 10.3. The third kappa shape index (κ3) is 5.53. The average Bonchev–Trinajstić information content (AvgIpc) is 3.08. The SMILES string of the molecule is C=CCn1c(SCC(=O)Nc2cc(Cl)cc(Cl)c2)nnc1-c1ccc(OC)cc1. The van der Waals surface area contributed by atoms with Crippen molar-refractivity contribution in [3.05, 3.63) is 65.2 Å². The van der Waals surface area contributed by atoms with Gasteiger partial charge in [0.15, 0.2) is 11.0 Å². The molecule has 0 spiro atoms. The third-order valence-electron chi connectivity index (χ3n) is 3.86. The van der Waals surface area contributed by atoms with Crippen molar-refractivity contribution in [3.8, 4) is 17.1 Å². The predicted molar refractivity (Wildman–Crippen MR) is 118 cm³/mol. The van der Waals surface area contributed by atoms with Gasteiger partial charge in [0.05, 0.1) is 12.9 Å². The number of nitrogens with zero attached hydrogens (tertiary/aromatic N) is 3. The lowest BCUT2D eigenvalue weighted by Gasteiger charge is -2.09. The first-order chi connectivity index (χ1) is 14.0. The van der Waals surface area contributed by atoms with Crippen molar-refractivity contribution in [2.75, 3.05) is 18.2 Å². The van der Waals surface area contributed by atoms with Crippen molar-refractivity contribution in [2.24, 2.45) is 0 Å². The zero-order valence-electron chi connectivity index (χ0n) is 15.6. The molecule has 0 aliphatic rings. The van der Waals surface area contributed by atoms with Crippen LogP contribution in [-0.2, 0) is 11.3 Å². The van der Waals surface area contributed by atoms with Crippen LogP contribution in [0.5, 0.6) is 5.75 Å². The molecule has 0 saturated heterocycles. The summed E-state index contributed by atoms with van der Waals surface area (Å²) >= 11 is 13.2. The monoisotopic (exact) mass is 448 g/mol. The summed E-state index contributed by atoms with van der Waals surface area (Å²) < 4.78 is 7.10. The molecule has 0 aliphatic heterocycles. The molecule has 9 heteroatoms. The van der Waals surface area contributed by atoms with E-state index in [1.165, 1.54) is 11.8 Å². The van der Waals surface area contributed by atoms with E-state index in [0.717, 1.165) is 11.3 Å². The first-order valence-electron chi connectivity index (χ1n) is 8.57. The van der Waals surface area contributed by atoms with E-state index in [2.05, 4.69) is 22.1 Å². The van der Waals surface area contributed by atoms with Crippen molar-refractivity contribution in [1.29, 1.82) is 0 Å². The van der Waals surface area contributed by atoms with Gasteiger partial charge in [-0.2, -0.15) is 0 Å². The number of aromatic nitrogens is 3. The van der Waals surface area contributed by atoms with Crippen molar-refractivity contribution >= 4 is 46.6 Å². The number of nitrogens with one attached hydrogen (secondary N) is 1. The number of halogens is 2. The lowest BCUT2D eigenvalue weighted by molar-refractivity contribution is -0.113. The summed E-state index contributed by atoms with van der Waals surface area (Å²) in [5.41, 5.74) is 1.43. The summed E-state index contributed by atoms with van der Waals surface area (Å²) in [6.45, 7) is 4.31. The molecule has 3 aromatic rings. The largest absolute Gasteiger partial charge is 0.497 e. The van der Waals surface area contributed by atoms with Crippen LogP contribution in [0.2, 0.25) is 10.0 Å². The molecule has 0 bridgehead atoms. The molecule has 0 aliphatic carbocycles. The Hall–Kier alpha value is -2.48. The predicted octanol–water partition coefficient (Wildman–Crippen LogP) is 5.18. The fourth-order valence-electron chi connectivity index (χ4n) is 2.60. The minimum Gasteiger partial charge on any atom is -0.497 e. The van der Waals surface area contributed by atoms with Crippen molar-refractivity contribution in [1.82, 2.24) is 14.8 Å². The summed E-state index contributed by atoms with van der Waals surface area (Å²) in [4.78, 5) is 12.3. The number of ether oxygens (including phenoxy) is 1.